The average Bonchev–Trinajstić information content (AvgIpc) is 3.30. The van der Waals surface area contributed by atoms with Gasteiger partial charge in [-0.3, -0.25) is 4.90 Å². The molecule has 2 aromatic carbocycles. The van der Waals surface area contributed by atoms with Gasteiger partial charge in [0, 0.05) is 50.2 Å². The maximum absolute atomic E-state index is 13.4. The van der Waals surface area contributed by atoms with Gasteiger partial charge in [0.25, 0.3) is 10.0 Å². The third-order valence-corrected chi connectivity index (χ3v) is 8.15. The number of para-hydroxylation sites is 1. The predicted molar refractivity (Wildman–Crippen MR) is 141 cm³/mol. The van der Waals surface area contributed by atoms with Gasteiger partial charge < -0.3 is 15.1 Å². The van der Waals surface area contributed by atoms with E-state index in [4.69, 9.17) is 5.11 Å². The molecule has 5 rings (SSSR count). The van der Waals surface area contributed by atoms with Crippen LogP contribution in [0.3, 0.4) is 0 Å². The first-order valence-electron chi connectivity index (χ1n) is 11.5. The number of fused-ring (bicyclic) bond motifs is 1. The van der Waals surface area contributed by atoms with Crippen molar-refractivity contribution in [3.05, 3.63) is 84.3 Å². The summed E-state index contributed by atoms with van der Waals surface area (Å²) < 4.78 is 28.2. The molecule has 2 aromatic heterocycles. The van der Waals surface area contributed by atoms with Crippen molar-refractivity contribution in [1.29, 1.82) is 0 Å². The molecule has 0 spiro atoms. The SMILES string of the molecule is Cl.O=C(O)c1cnc(N2CCN(C(CO)c3cn(S(=O)(=O)c4ccccc4)c4ccccc34)CC2)nc1. The molecule has 1 saturated heterocycles. The highest BCUT2D eigenvalue weighted by Crippen LogP contribution is 2.33. The average molecular weight is 544 g/mol. The number of anilines is 1. The molecule has 1 fully saturated rings. The van der Waals surface area contributed by atoms with E-state index in [0.717, 1.165) is 10.9 Å². The number of aromatic nitrogens is 3. The van der Waals surface area contributed by atoms with E-state index in [1.54, 1.807) is 48.7 Å². The molecule has 1 atom stereocenters. The monoisotopic (exact) mass is 543 g/mol. The maximum Gasteiger partial charge on any atom is 0.338 e. The van der Waals surface area contributed by atoms with Crippen molar-refractivity contribution in [2.45, 2.75) is 10.9 Å². The second-order valence-electron chi connectivity index (χ2n) is 8.51. The van der Waals surface area contributed by atoms with E-state index < -0.39 is 22.0 Å². The van der Waals surface area contributed by atoms with Gasteiger partial charge in [-0.15, -0.1) is 12.4 Å². The quantitative estimate of drug-likeness (QED) is 0.361. The van der Waals surface area contributed by atoms with Gasteiger partial charge in [0.1, 0.15) is 0 Å². The molecule has 3 heterocycles. The molecule has 4 aromatic rings. The lowest BCUT2D eigenvalue weighted by Crippen LogP contribution is -2.48. The number of aromatic carboxylic acids is 1. The van der Waals surface area contributed by atoms with Gasteiger partial charge in [0.05, 0.1) is 28.6 Å². The number of hydrogen-bond donors (Lipinski definition) is 2. The Balaban J connectivity index is 0.00000320. The van der Waals surface area contributed by atoms with Crippen LogP contribution in [0.2, 0.25) is 0 Å². The number of carboxylic acid groups (broad SMARTS) is 1. The number of rotatable bonds is 7. The van der Waals surface area contributed by atoms with Crippen LogP contribution >= 0.6 is 12.4 Å². The Labute approximate surface area is 220 Å². The molecule has 1 aliphatic rings. The molecule has 1 unspecified atom stereocenters. The van der Waals surface area contributed by atoms with Gasteiger partial charge in [0.15, 0.2) is 0 Å². The van der Waals surface area contributed by atoms with Crippen molar-refractivity contribution in [3.63, 3.8) is 0 Å². The van der Waals surface area contributed by atoms with Crippen molar-refractivity contribution in [1.82, 2.24) is 18.8 Å². The highest BCUT2D eigenvalue weighted by Gasteiger charge is 2.30. The molecule has 2 N–H and O–H groups in total. The van der Waals surface area contributed by atoms with Crippen LogP contribution in [-0.4, -0.2) is 76.2 Å². The molecule has 0 saturated carbocycles. The number of aliphatic hydroxyl groups is 1. The molecular weight excluding hydrogens is 518 g/mol. The number of benzene rings is 2. The van der Waals surface area contributed by atoms with E-state index in [0.29, 0.717) is 37.6 Å². The van der Waals surface area contributed by atoms with Gasteiger partial charge >= 0.3 is 5.97 Å². The van der Waals surface area contributed by atoms with Crippen LogP contribution in [0.15, 0.2) is 78.1 Å². The summed E-state index contributed by atoms with van der Waals surface area (Å²) in [4.78, 5) is 23.7. The minimum atomic E-state index is -3.82. The van der Waals surface area contributed by atoms with E-state index in [1.165, 1.54) is 16.4 Å². The minimum absolute atomic E-state index is 0. The molecule has 37 heavy (non-hydrogen) atoms. The second kappa shape index (κ2) is 10.9. The van der Waals surface area contributed by atoms with E-state index in [2.05, 4.69) is 14.9 Å². The standard InChI is InChI=1S/C25H25N5O5S.ClH/c31-17-23(28-10-12-29(13-11-28)25-26-14-18(15-27-25)24(32)33)21-16-30(22-9-5-4-8-20(21)22)36(34,35)19-6-2-1-3-7-19;/h1-9,14-16,23,31H,10-13,17H2,(H,32,33);1H. The summed E-state index contributed by atoms with van der Waals surface area (Å²) in [6.45, 7) is 2.14. The van der Waals surface area contributed by atoms with Crippen molar-refractivity contribution in [2.24, 2.45) is 0 Å². The molecule has 0 bridgehead atoms. The number of halogens is 1. The molecule has 1 aliphatic heterocycles. The van der Waals surface area contributed by atoms with E-state index in [-0.39, 0.29) is 29.5 Å². The molecule has 12 heteroatoms. The Hall–Kier alpha value is -3.51. The molecule has 0 radical (unpaired) electrons. The summed E-state index contributed by atoms with van der Waals surface area (Å²) in [7, 11) is -3.82. The predicted octanol–water partition coefficient (Wildman–Crippen LogP) is 2.64. The normalized spacial score (nSPS) is 15.3. The van der Waals surface area contributed by atoms with Gasteiger partial charge in [-0.05, 0) is 23.8 Å². The van der Waals surface area contributed by atoms with Crippen LogP contribution < -0.4 is 4.90 Å². The summed E-state index contributed by atoms with van der Waals surface area (Å²) in [5, 5.41) is 20.2. The summed E-state index contributed by atoms with van der Waals surface area (Å²) >= 11 is 0. The number of hydrogen-bond acceptors (Lipinski definition) is 8. The fraction of sp³-hybridized carbons (Fsp3) is 0.240. The van der Waals surface area contributed by atoms with E-state index in [1.807, 2.05) is 17.0 Å². The van der Waals surface area contributed by atoms with Crippen LogP contribution in [0.4, 0.5) is 5.95 Å². The number of piperazine rings is 1. The fourth-order valence-electron chi connectivity index (χ4n) is 4.58. The van der Waals surface area contributed by atoms with Gasteiger partial charge in [-0.25, -0.2) is 27.2 Å². The molecule has 0 amide bonds. The van der Waals surface area contributed by atoms with Crippen LogP contribution in [0, 0.1) is 0 Å². The summed E-state index contributed by atoms with van der Waals surface area (Å²) in [5.74, 6) is -0.628. The zero-order valence-corrected chi connectivity index (χ0v) is 21.3. The zero-order chi connectivity index (χ0) is 25.3. The Morgan fingerprint density at radius 2 is 1.57 bits per heavy atom. The van der Waals surface area contributed by atoms with Crippen molar-refractivity contribution < 1.29 is 23.4 Å². The van der Waals surface area contributed by atoms with Crippen LogP contribution in [0.5, 0.6) is 0 Å². The zero-order valence-electron chi connectivity index (χ0n) is 19.7. The van der Waals surface area contributed by atoms with Gasteiger partial charge in [0.2, 0.25) is 5.95 Å². The molecule has 10 nitrogen and oxygen atoms in total. The third-order valence-electron chi connectivity index (χ3n) is 6.46. The first kappa shape index (κ1) is 26.6. The number of carbonyl (C=O) groups is 1. The largest absolute Gasteiger partial charge is 0.478 e. The Kier molecular flexibility index (Phi) is 7.79. The van der Waals surface area contributed by atoms with E-state index >= 15 is 0 Å². The summed E-state index contributed by atoms with van der Waals surface area (Å²) in [6.07, 6.45) is 4.19. The first-order chi connectivity index (χ1) is 17.4. The summed E-state index contributed by atoms with van der Waals surface area (Å²) in [6, 6.07) is 15.2. The smallest absolute Gasteiger partial charge is 0.338 e. The van der Waals surface area contributed by atoms with Gasteiger partial charge in [-0.2, -0.15) is 0 Å². The number of carboxylic acids is 1. The number of nitrogens with zero attached hydrogens (tertiary/aromatic N) is 5. The highest BCUT2D eigenvalue weighted by molar-refractivity contribution is 7.90. The minimum Gasteiger partial charge on any atom is -0.478 e. The molecular formula is C25H26ClN5O5S. The van der Waals surface area contributed by atoms with Crippen LogP contribution in [-0.2, 0) is 10.0 Å². The first-order valence-corrected chi connectivity index (χ1v) is 12.9. The number of aliphatic hydroxyl groups excluding tert-OH is 1. The lowest BCUT2D eigenvalue weighted by atomic mass is 10.0. The maximum atomic E-state index is 13.4. The van der Waals surface area contributed by atoms with Crippen LogP contribution in [0.1, 0.15) is 22.0 Å². The fourth-order valence-corrected chi connectivity index (χ4v) is 5.98. The topological polar surface area (TPSA) is 129 Å². The Morgan fingerprint density at radius 1 is 0.946 bits per heavy atom. The molecule has 0 aliphatic carbocycles. The Bertz CT molecular complexity index is 1490. The van der Waals surface area contributed by atoms with Gasteiger partial charge in [-0.1, -0.05) is 36.4 Å². The summed E-state index contributed by atoms with van der Waals surface area (Å²) in [5.41, 5.74) is 1.32. The van der Waals surface area contributed by atoms with E-state index in [9.17, 15) is 18.3 Å². The van der Waals surface area contributed by atoms with Crippen molar-refractivity contribution >= 4 is 45.3 Å². The Morgan fingerprint density at radius 3 is 2.19 bits per heavy atom. The lowest BCUT2D eigenvalue weighted by molar-refractivity contribution is 0.0696. The highest BCUT2D eigenvalue weighted by atomic mass is 35.5. The molecule has 194 valence electrons. The van der Waals surface area contributed by atoms with Crippen LogP contribution in [0.25, 0.3) is 10.9 Å². The second-order valence-corrected chi connectivity index (χ2v) is 10.3. The lowest BCUT2D eigenvalue weighted by Gasteiger charge is -2.38. The van der Waals surface area contributed by atoms with Crippen molar-refractivity contribution in [3.8, 4) is 0 Å². The third kappa shape index (κ3) is 5.03. The van der Waals surface area contributed by atoms with Crippen molar-refractivity contribution in [2.75, 3.05) is 37.7 Å².